The van der Waals surface area contributed by atoms with Crippen molar-refractivity contribution < 1.29 is 5.11 Å². The molecule has 1 aromatic rings. The minimum absolute atomic E-state index is 0.0214. The van der Waals surface area contributed by atoms with Crippen LogP contribution in [-0.2, 0) is 0 Å². The molecule has 1 rings (SSSR count). The van der Waals surface area contributed by atoms with Crippen LogP contribution >= 0.6 is 15.9 Å². The lowest BCUT2D eigenvalue weighted by molar-refractivity contribution is 0.179. The van der Waals surface area contributed by atoms with Crippen LogP contribution in [-0.4, -0.2) is 11.2 Å². The Morgan fingerprint density at radius 2 is 1.92 bits per heavy atom. The quantitative estimate of drug-likeness (QED) is 0.806. The molecular weight excluding hydrogens is 228 g/mol. The Morgan fingerprint density at radius 3 is 2.31 bits per heavy atom. The van der Waals surface area contributed by atoms with E-state index in [0.29, 0.717) is 0 Å². The molecule has 1 aromatic carbocycles. The van der Waals surface area contributed by atoms with Crippen molar-refractivity contribution >= 4 is 15.9 Å². The van der Waals surface area contributed by atoms with E-state index < -0.39 is 6.10 Å². The maximum absolute atomic E-state index is 9.45. The third kappa shape index (κ3) is 2.68. The van der Waals surface area contributed by atoms with Gasteiger partial charge in [-0.3, -0.25) is 0 Å². The predicted molar refractivity (Wildman–Crippen MR) is 58.8 cm³/mol. The van der Waals surface area contributed by atoms with Gasteiger partial charge in [0.05, 0.1) is 6.10 Å². The summed E-state index contributed by atoms with van der Waals surface area (Å²) in [6.45, 7) is 5.48. The fourth-order valence-corrected chi connectivity index (χ4v) is 1.56. The molecule has 0 amide bonds. The van der Waals surface area contributed by atoms with Crippen molar-refractivity contribution in [1.82, 2.24) is 0 Å². The van der Waals surface area contributed by atoms with E-state index in [1.54, 1.807) is 13.0 Å². The second-order valence-electron chi connectivity index (χ2n) is 3.05. The summed E-state index contributed by atoms with van der Waals surface area (Å²) in [5.74, 6) is 0.0214. The number of rotatable bonds is 3. The molecule has 0 aliphatic carbocycles. The molecule has 13 heavy (non-hydrogen) atoms. The van der Waals surface area contributed by atoms with Crippen molar-refractivity contribution in [3.8, 4) is 0 Å². The van der Waals surface area contributed by atoms with Crippen LogP contribution in [0.4, 0.5) is 0 Å². The minimum Gasteiger partial charge on any atom is -0.392 e. The largest absolute Gasteiger partial charge is 0.392 e. The Morgan fingerprint density at radius 1 is 1.38 bits per heavy atom. The van der Waals surface area contributed by atoms with E-state index in [4.69, 9.17) is 0 Å². The molecule has 0 saturated carbocycles. The first-order valence-corrected chi connectivity index (χ1v) is 5.00. The van der Waals surface area contributed by atoms with Gasteiger partial charge in [0.2, 0.25) is 0 Å². The van der Waals surface area contributed by atoms with Gasteiger partial charge in [-0.25, -0.2) is 0 Å². The van der Waals surface area contributed by atoms with E-state index in [-0.39, 0.29) is 5.92 Å². The van der Waals surface area contributed by atoms with Crippen molar-refractivity contribution in [2.45, 2.75) is 18.9 Å². The highest BCUT2D eigenvalue weighted by Gasteiger charge is 2.12. The van der Waals surface area contributed by atoms with Crippen LogP contribution in [0, 0.1) is 0 Å². The van der Waals surface area contributed by atoms with Gasteiger partial charge in [-0.1, -0.05) is 34.1 Å². The Bertz CT molecular complexity index is 277. The topological polar surface area (TPSA) is 20.2 Å². The molecule has 0 unspecified atom stereocenters. The summed E-state index contributed by atoms with van der Waals surface area (Å²) in [4.78, 5) is 0. The standard InChI is InChI=1S/C11H13BrO/c1-3-11(8(2)13)9-4-6-10(12)7-5-9/h3-8,11,13H,1H2,2H3/t8-,11+/m1/s1. The third-order valence-corrected chi connectivity index (χ3v) is 2.56. The number of benzene rings is 1. The number of aliphatic hydroxyl groups is 1. The molecule has 0 heterocycles. The predicted octanol–water partition coefficient (Wildman–Crippen LogP) is 3.10. The van der Waals surface area contributed by atoms with Crippen molar-refractivity contribution in [3.63, 3.8) is 0 Å². The van der Waals surface area contributed by atoms with Crippen LogP contribution in [0.3, 0.4) is 0 Å². The van der Waals surface area contributed by atoms with E-state index >= 15 is 0 Å². The van der Waals surface area contributed by atoms with Gasteiger partial charge in [-0.15, -0.1) is 6.58 Å². The first kappa shape index (κ1) is 10.5. The molecule has 0 bridgehead atoms. The van der Waals surface area contributed by atoms with E-state index in [1.807, 2.05) is 24.3 Å². The molecule has 0 aliphatic rings. The number of aliphatic hydroxyl groups excluding tert-OH is 1. The summed E-state index contributed by atoms with van der Waals surface area (Å²) < 4.78 is 1.05. The normalized spacial score (nSPS) is 15.0. The van der Waals surface area contributed by atoms with Gasteiger partial charge in [0, 0.05) is 10.4 Å². The summed E-state index contributed by atoms with van der Waals surface area (Å²) in [5, 5.41) is 9.45. The summed E-state index contributed by atoms with van der Waals surface area (Å²) in [6.07, 6.45) is 1.38. The highest BCUT2D eigenvalue weighted by molar-refractivity contribution is 9.10. The fourth-order valence-electron chi connectivity index (χ4n) is 1.30. The van der Waals surface area contributed by atoms with Crippen LogP contribution in [0.1, 0.15) is 18.4 Å². The zero-order valence-corrected chi connectivity index (χ0v) is 9.16. The molecule has 0 radical (unpaired) electrons. The zero-order chi connectivity index (χ0) is 9.84. The molecule has 0 spiro atoms. The smallest absolute Gasteiger partial charge is 0.0615 e. The Hall–Kier alpha value is -0.600. The van der Waals surface area contributed by atoms with Crippen molar-refractivity contribution in [2.75, 3.05) is 0 Å². The van der Waals surface area contributed by atoms with Crippen molar-refractivity contribution in [2.24, 2.45) is 0 Å². The molecule has 2 atom stereocenters. The maximum Gasteiger partial charge on any atom is 0.0615 e. The van der Waals surface area contributed by atoms with E-state index in [9.17, 15) is 5.11 Å². The second kappa shape index (κ2) is 4.58. The zero-order valence-electron chi connectivity index (χ0n) is 7.57. The summed E-state index contributed by atoms with van der Waals surface area (Å²) in [6, 6.07) is 7.91. The van der Waals surface area contributed by atoms with Gasteiger partial charge in [0.1, 0.15) is 0 Å². The molecule has 0 fully saturated rings. The second-order valence-corrected chi connectivity index (χ2v) is 3.97. The number of hydrogen-bond acceptors (Lipinski definition) is 1. The third-order valence-electron chi connectivity index (χ3n) is 2.03. The monoisotopic (exact) mass is 240 g/mol. The molecule has 70 valence electrons. The minimum atomic E-state index is -0.390. The highest BCUT2D eigenvalue weighted by atomic mass is 79.9. The van der Waals surface area contributed by atoms with Crippen LogP contribution in [0.25, 0.3) is 0 Å². The van der Waals surface area contributed by atoms with Crippen LogP contribution in [0.2, 0.25) is 0 Å². The molecule has 0 aromatic heterocycles. The van der Waals surface area contributed by atoms with Crippen molar-refractivity contribution in [3.05, 3.63) is 47.0 Å². The molecular formula is C11H13BrO. The molecule has 0 saturated heterocycles. The summed E-state index contributed by atoms with van der Waals surface area (Å²) in [7, 11) is 0. The first-order chi connectivity index (χ1) is 6.15. The van der Waals surface area contributed by atoms with Crippen molar-refractivity contribution in [1.29, 1.82) is 0 Å². The van der Waals surface area contributed by atoms with E-state index in [0.717, 1.165) is 10.0 Å². The number of halogens is 1. The number of hydrogen-bond donors (Lipinski definition) is 1. The molecule has 1 N–H and O–H groups in total. The van der Waals surface area contributed by atoms with Crippen LogP contribution in [0.5, 0.6) is 0 Å². The van der Waals surface area contributed by atoms with Gasteiger partial charge >= 0.3 is 0 Å². The average molecular weight is 241 g/mol. The van der Waals surface area contributed by atoms with E-state index in [2.05, 4.69) is 22.5 Å². The van der Waals surface area contributed by atoms with Gasteiger partial charge in [-0.2, -0.15) is 0 Å². The van der Waals surface area contributed by atoms with Gasteiger partial charge in [0.25, 0.3) is 0 Å². The Balaban J connectivity index is 2.92. The fraction of sp³-hybridized carbons (Fsp3) is 0.273. The highest BCUT2D eigenvalue weighted by Crippen LogP contribution is 2.22. The van der Waals surface area contributed by atoms with Gasteiger partial charge in [0.15, 0.2) is 0 Å². The first-order valence-electron chi connectivity index (χ1n) is 4.21. The summed E-state index contributed by atoms with van der Waals surface area (Å²) >= 11 is 3.37. The van der Waals surface area contributed by atoms with E-state index in [1.165, 1.54) is 0 Å². The molecule has 2 heteroatoms. The average Bonchev–Trinajstić information content (AvgIpc) is 2.09. The lowest BCUT2D eigenvalue weighted by atomic mass is 9.95. The lowest BCUT2D eigenvalue weighted by Gasteiger charge is -2.15. The maximum atomic E-state index is 9.45. The lowest BCUT2D eigenvalue weighted by Crippen LogP contribution is -2.11. The SMILES string of the molecule is C=C[C@H](c1ccc(Br)cc1)[C@@H](C)O. The van der Waals surface area contributed by atoms with Gasteiger partial charge in [-0.05, 0) is 24.6 Å². The summed E-state index contributed by atoms with van der Waals surface area (Å²) in [5.41, 5.74) is 1.09. The molecule has 0 aliphatic heterocycles. The van der Waals surface area contributed by atoms with Gasteiger partial charge < -0.3 is 5.11 Å². The van der Waals surface area contributed by atoms with Crippen LogP contribution < -0.4 is 0 Å². The Labute approximate surface area is 87.2 Å². The molecule has 1 nitrogen and oxygen atoms in total. The van der Waals surface area contributed by atoms with Crippen LogP contribution in [0.15, 0.2) is 41.4 Å². The Kier molecular flexibility index (Phi) is 3.70.